The minimum Gasteiger partial charge on any atom is -0.0871 e. The molecule has 0 fully saturated rings. The van der Waals surface area contributed by atoms with Crippen molar-refractivity contribution < 1.29 is 0 Å². The topological polar surface area (TPSA) is 0 Å². The van der Waals surface area contributed by atoms with Gasteiger partial charge in [0.15, 0.2) is 0 Å². The Morgan fingerprint density at radius 2 is 1.25 bits per heavy atom. The predicted octanol–water partition coefficient (Wildman–Crippen LogP) is 7.64. The first-order chi connectivity index (χ1) is 11.7. The summed E-state index contributed by atoms with van der Waals surface area (Å²) in [5.41, 5.74) is 7.01. The molecule has 0 heterocycles. The fraction of sp³-hybridized carbons (Fsp3) is 0.333. The molecule has 0 spiro atoms. The molecular weight excluding hydrogens is 288 g/mol. The summed E-state index contributed by atoms with van der Waals surface area (Å²) in [5.74, 6) is 0. The van der Waals surface area contributed by atoms with Crippen LogP contribution in [0.3, 0.4) is 0 Å². The summed E-state index contributed by atoms with van der Waals surface area (Å²) in [6.07, 6.45) is 9.74. The Kier molecular flexibility index (Phi) is 12.2. The van der Waals surface area contributed by atoms with Gasteiger partial charge in [0, 0.05) is 0 Å². The lowest BCUT2D eigenvalue weighted by Gasteiger charge is -2.14. The highest BCUT2D eigenvalue weighted by Crippen LogP contribution is 2.25. The predicted molar refractivity (Wildman–Crippen MR) is 113 cm³/mol. The second kappa shape index (κ2) is 13.4. The van der Waals surface area contributed by atoms with E-state index in [0.717, 1.165) is 6.42 Å². The van der Waals surface area contributed by atoms with Crippen LogP contribution < -0.4 is 0 Å². The lowest BCUT2D eigenvalue weighted by atomic mass is 9.91. The zero-order valence-electron chi connectivity index (χ0n) is 16.6. The van der Waals surface area contributed by atoms with Gasteiger partial charge in [0.25, 0.3) is 0 Å². The second-order valence-corrected chi connectivity index (χ2v) is 5.31. The number of aryl methyl sites for hydroxylation is 1. The molecule has 0 aliphatic heterocycles. The first kappa shape index (κ1) is 21.9. The van der Waals surface area contributed by atoms with E-state index in [4.69, 9.17) is 0 Å². The van der Waals surface area contributed by atoms with Crippen molar-refractivity contribution in [3.8, 4) is 0 Å². The SMILES string of the molecule is C/C=C\c1cc(C)c(/C=C\C)c(C)c1CC.CC.c1ccccc1. The van der Waals surface area contributed by atoms with Crippen LogP contribution in [-0.2, 0) is 6.42 Å². The molecule has 130 valence electrons. The second-order valence-electron chi connectivity index (χ2n) is 5.31. The van der Waals surface area contributed by atoms with E-state index in [9.17, 15) is 0 Å². The van der Waals surface area contributed by atoms with E-state index in [2.05, 4.69) is 65.0 Å². The fourth-order valence-electron chi connectivity index (χ4n) is 2.68. The van der Waals surface area contributed by atoms with Crippen LogP contribution in [0.25, 0.3) is 12.2 Å². The Labute approximate surface area is 150 Å². The monoisotopic (exact) mass is 322 g/mol. The van der Waals surface area contributed by atoms with Crippen molar-refractivity contribution in [3.05, 3.63) is 82.4 Å². The lowest BCUT2D eigenvalue weighted by molar-refractivity contribution is 1.09. The highest BCUT2D eigenvalue weighted by Gasteiger charge is 2.08. The highest BCUT2D eigenvalue weighted by molar-refractivity contribution is 5.66. The summed E-state index contributed by atoms with van der Waals surface area (Å²) in [6, 6.07) is 14.3. The third kappa shape index (κ3) is 7.00. The lowest BCUT2D eigenvalue weighted by Crippen LogP contribution is -1.97. The van der Waals surface area contributed by atoms with Crippen LogP contribution in [0.15, 0.2) is 54.6 Å². The van der Waals surface area contributed by atoms with Gasteiger partial charge in [-0.3, -0.25) is 0 Å². The molecule has 0 amide bonds. The molecule has 0 aliphatic carbocycles. The molecule has 0 aromatic heterocycles. The van der Waals surface area contributed by atoms with Crippen molar-refractivity contribution in [2.24, 2.45) is 0 Å². The van der Waals surface area contributed by atoms with Gasteiger partial charge in [-0.05, 0) is 61.9 Å². The third-order valence-corrected chi connectivity index (χ3v) is 3.70. The number of allylic oxidation sites excluding steroid dienone is 2. The zero-order chi connectivity index (χ0) is 18.4. The van der Waals surface area contributed by atoms with Gasteiger partial charge in [-0.25, -0.2) is 0 Å². The van der Waals surface area contributed by atoms with Crippen molar-refractivity contribution >= 4 is 12.2 Å². The van der Waals surface area contributed by atoms with Gasteiger partial charge in [-0.15, -0.1) is 0 Å². The van der Waals surface area contributed by atoms with Crippen molar-refractivity contribution in [1.29, 1.82) is 0 Å². The molecule has 0 aliphatic rings. The van der Waals surface area contributed by atoms with E-state index in [1.165, 1.54) is 27.8 Å². The molecule has 2 aromatic rings. The molecule has 2 aromatic carbocycles. The maximum atomic E-state index is 2.29. The van der Waals surface area contributed by atoms with E-state index in [-0.39, 0.29) is 0 Å². The molecule has 0 unspecified atom stereocenters. The standard InChI is InChI=1S/C16H22.C6H6.C2H6/c1-6-9-14-11-12(4)16(10-7-2)13(5)15(14)8-3;1-2-4-6-5-3-1;1-2/h6-7,9-11H,8H2,1-5H3;1-6H;1-2H3/b9-6-,10-7-;;. The first-order valence-electron chi connectivity index (χ1n) is 9.04. The molecular formula is C24H34. The van der Waals surface area contributed by atoms with Crippen LogP contribution >= 0.6 is 0 Å². The smallest absolute Gasteiger partial charge is 0.0198 e. The number of rotatable bonds is 3. The number of benzene rings is 2. The maximum absolute atomic E-state index is 2.29. The molecule has 0 atom stereocenters. The molecule has 24 heavy (non-hydrogen) atoms. The van der Waals surface area contributed by atoms with E-state index >= 15 is 0 Å². The van der Waals surface area contributed by atoms with Gasteiger partial charge < -0.3 is 0 Å². The van der Waals surface area contributed by atoms with Crippen molar-refractivity contribution in [1.82, 2.24) is 0 Å². The Morgan fingerprint density at radius 1 is 0.792 bits per heavy atom. The molecule has 0 saturated heterocycles. The van der Waals surface area contributed by atoms with Crippen LogP contribution in [0.5, 0.6) is 0 Å². The molecule has 0 N–H and O–H groups in total. The van der Waals surface area contributed by atoms with Gasteiger partial charge in [0.1, 0.15) is 0 Å². The Morgan fingerprint density at radius 3 is 1.62 bits per heavy atom. The van der Waals surface area contributed by atoms with Gasteiger partial charge >= 0.3 is 0 Å². The number of hydrogen-bond acceptors (Lipinski definition) is 0. The largest absolute Gasteiger partial charge is 0.0871 e. The van der Waals surface area contributed by atoms with E-state index in [1.54, 1.807) is 0 Å². The Bertz CT molecular complexity index is 590. The zero-order valence-corrected chi connectivity index (χ0v) is 16.6. The summed E-state index contributed by atoms with van der Waals surface area (Å²) >= 11 is 0. The average Bonchev–Trinajstić information content (AvgIpc) is 2.63. The average molecular weight is 323 g/mol. The molecule has 0 heteroatoms. The third-order valence-electron chi connectivity index (χ3n) is 3.70. The molecule has 0 saturated carbocycles. The van der Waals surface area contributed by atoms with Crippen molar-refractivity contribution in [2.45, 2.75) is 54.9 Å². The molecule has 0 radical (unpaired) electrons. The summed E-state index contributed by atoms with van der Waals surface area (Å²) in [4.78, 5) is 0. The van der Waals surface area contributed by atoms with Crippen LogP contribution in [0.4, 0.5) is 0 Å². The molecule has 0 nitrogen and oxygen atoms in total. The highest BCUT2D eigenvalue weighted by atomic mass is 14.1. The van der Waals surface area contributed by atoms with E-state index in [1.807, 2.05) is 50.2 Å². The Hall–Kier alpha value is -2.08. The summed E-state index contributed by atoms with van der Waals surface area (Å²) < 4.78 is 0. The molecule has 2 rings (SSSR count). The van der Waals surface area contributed by atoms with Gasteiger partial charge in [0.2, 0.25) is 0 Å². The van der Waals surface area contributed by atoms with Crippen LogP contribution in [-0.4, -0.2) is 0 Å². The van der Waals surface area contributed by atoms with Gasteiger partial charge in [-0.2, -0.15) is 0 Å². The van der Waals surface area contributed by atoms with Gasteiger partial charge in [0.05, 0.1) is 0 Å². The maximum Gasteiger partial charge on any atom is -0.0198 e. The number of hydrogen-bond donors (Lipinski definition) is 0. The van der Waals surface area contributed by atoms with E-state index < -0.39 is 0 Å². The van der Waals surface area contributed by atoms with Crippen LogP contribution in [0.1, 0.15) is 62.4 Å². The minimum atomic E-state index is 1.09. The van der Waals surface area contributed by atoms with Crippen molar-refractivity contribution in [3.63, 3.8) is 0 Å². The fourth-order valence-corrected chi connectivity index (χ4v) is 2.68. The summed E-state index contributed by atoms with van der Waals surface area (Å²) in [6.45, 7) is 14.8. The summed E-state index contributed by atoms with van der Waals surface area (Å²) in [7, 11) is 0. The molecule has 0 bridgehead atoms. The first-order valence-corrected chi connectivity index (χ1v) is 9.04. The van der Waals surface area contributed by atoms with Gasteiger partial charge in [-0.1, -0.05) is 87.5 Å². The van der Waals surface area contributed by atoms with Crippen LogP contribution in [0.2, 0.25) is 0 Å². The minimum absolute atomic E-state index is 1.09. The van der Waals surface area contributed by atoms with Crippen molar-refractivity contribution in [2.75, 3.05) is 0 Å². The quantitative estimate of drug-likeness (QED) is 0.544. The Balaban J connectivity index is 0.000000547. The normalized spacial score (nSPS) is 10.1. The van der Waals surface area contributed by atoms with Crippen LogP contribution in [0, 0.1) is 13.8 Å². The van der Waals surface area contributed by atoms with E-state index in [0.29, 0.717) is 0 Å². The summed E-state index contributed by atoms with van der Waals surface area (Å²) in [5, 5.41) is 0.